The minimum Gasteiger partial charge on any atom is -0.377 e. The predicted octanol–water partition coefficient (Wildman–Crippen LogP) is 2.28. The van der Waals surface area contributed by atoms with Crippen LogP contribution in [0, 0.1) is 11.8 Å². The second-order valence-corrected chi connectivity index (χ2v) is 9.80. The Morgan fingerprint density at radius 1 is 1.31 bits per heavy atom. The second-order valence-electron chi connectivity index (χ2n) is 7.65. The van der Waals surface area contributed by atoms with E-state index in [0.717, 1.165) is 30.5 Å². The minimum absolute atomic E-state index is 0.0570. The van der Waals surface area contributed by atoms with Gasteiger partial charge in [0.25, 0.3) is 0 Å². The lowest BCUT2D eigenvalue weighted by Gasteiger charge is -2.33. The first-order chi connectivity index (χ1) is 12.2. The molecule has 0 spiro atoms. The summed E-state index contributed by atoms with van der Waals surface area (Å²) in [6, 6.07) is 5.13. The van der Waals surface area contributed by atoms with Crippen molar-refractivity contribution in [2.24, 2.45) is 11.8 Å². The van der Waals surface area contributed by atoms with Crippen molar-refractivity contribution in [2.75, 3.05) is 32.1 Å². The Morgan fingerprint density at radius 2 is 2.04 bits per heavy atom. The number of aryl methyl sites for hydroxylation is 1. The highest BCUT2D eigenvalue weighted by atomic mass is 32.2. The number of rotatable bonds is 4. The molecule has 7 heteroatoms. The zero-order chi connectivity index (χ0) is 19.1. The van der Waals surface area contributed by atoms with Crippen LogP contribution in [0.5, 0.6) is 0 Å². The molecule has 3 rings (SSSR count). The first-order valence-electron chi connectivity index (χ1n) is 9.22. The third-order valence-corrected chi connectivity index (χ3v) is 7.14. The molecule has 1 fully saturated rings. The van der Waals surface area contributed by atoms with Gasteiger partial charge in [-0.3, -0.25) is 4.79 Å². The fourth-order valence-electron chi connectivity index (χ4n) is 3.89. The van der Waals surface area contributed by atoms with Crippen LogP contribution in [-0.4, -0.2) is 52.0 Å². The number of sulfonamides is 1. The van der Waals surface area contributed by atoms with Gasteiger partial charge in [0.2, 0.25) is 15.9 Å². The summed E-state index contributed by atoms with van der Waals surface area (Å²) in [7, 11) is -0.503. The summed E-state index contributed by atoms with van der Waals surface area (Å²) in [5.41, 5.74) is 1.76. The molecule has 2 unspecified atom stereocenters. The van der Waals surface area contributed by atoms with Gasteiger partial charge in [0.05, 0.1) is 16.9 Å². The topological polar surface area (TPSA) is 66.9 Å². The zero-order valence-electron chi connectivity index (χ0n) is 15.9. The molecule has 0 saturated carbocycles. The number of benzene rings is 1. The lowest BCUT2D eigenvalue weighted by atomic mass is 9.90. The van der Waals surface area contributed by atoms with E-state index in [9.17, 15) is 13.2 Å². The van der Waals surface area contributed by atoms with Crippen molar-refractivity contribution in [3.63, 3.8) is 0 Å². The Balaban J connectivity index is 1.96. The molecule has 2 atom stereocenters. The molecule has 1 amide bonds. The summed E-state index contributed by atoms with van der Waals surface area (Å²) < 4.78 is 32.0. The predicted molar refractivity (Wildman–Crippen MR) is 101 cm³/mol. The molecule has 1 aromatic rings. The van der Waals surface area contributed by atoms with E-state index in [1.165, 1.54) is 18.4 Å². The van der Waals surface area contributed by atoms with E-state index in [4.69, 9.17) is 4.74 Å². The van der Waals surface area contributed by atoms with Gasteiger partial charge in [0.1, 0.15) is 0 Å². The first kappa shape index (κ1) is 19.3. The zero-order valence-corrected chi connectivity index (χ0v) is 16.8. The summed E-state index contributed by atoms with van der Waals surface area (Å²) in [6.45, 7) is 5.37. The molecule has 0 aliphatic carbocycles. The highest BCUT2D eigenvalue weighted by Crippen LogP contribution is 2.35. The fourth-order valence-corrected chi connectivity index (χ4v) is 4.81. The van der Waals surface area contributed by atoms with Crippen LogP contribution in [0.15, 0.2) is 23.1 Å². The highest BCUT2D eigenvalue weighted by molar-refractivity contribution is 7.89. The Labute approximate surface area is 156 Å². The Kier molecular flexibility index (Phi) is 5.42. The van der Waals surface area contributed by atoms with Crippen LogP contribution in [0.4, 0.5) is 5.69 Å². The number of fused-ring (bicyclic) bond motifs is 1. The lowest BCUT2D eigenvalue weighted by Crippen LogP contribution is -2.43. The number of carbonyl (C=O) groups is 1. The number of hydrogen-bond acceptors (Lipinski definition) is 4. The maximum atomic E-state index is 13.3. The van der Waals surface area contributed by atoms with Crippen LogP contribution in [0.25, 0.3) is 0 Å². The molecule has 0 N–H and O–H groups in total. The van der Waals surface area contributed by atoms with Gasteiger partial charge in [0.15, 0.2) is 0 Å². The number of anilines is 1. The van der Waals surface area contributed by atoms with Crippen molar-refractivity contribution in [3.8, 4) is 0 Å². The highest BCUT2D eigenvalue weighted by Gasteiger charge is 2.39. The Bertz CT molecular complexity index is 789. The number of hydrogen-bond donors (Lipinski definition) is 0. The van der Waals surface area contributed by atoms with E-state index in [2.05, 4.69) is 13.8 Å². The number of amides is 1. The summed E-state index contributed by atoms with van der Waals surface area (Å²) in [6.07, 6.45) is 2.40. The third-order valence-electron chi connectivity index (χ3n) is 5.33. The smallest absolute Gasteiger partial charge is 0.242 e. The summed E-state index contributed by atoms with van der Waals surface area (Å²) in [5, 5.41) is 0. The van der Waals surface area contributed by atoms with E-state index in [1.807, 2.05) is 6.07 Å². The standard InChI is InChI=1S/C19H28N2O4S/c1-13(2)18-16(9-11-25-18)19(22)21-10-5-6-14-7-8-15(12-17(14)21)26(23,24)20(3)4/h7-8,12-13,16,18H,5-6,9-11H2,1-4H3. The molecular weight excluding hydrogens is 352 g/mol. The van der Waals surface area contributed by atoms with Crippen LogP contribution in [0.2, 0.25) is 0 Å². The van der Waals surface area contributed by atoms with Gasteiger partial charge in [-0.1, -0.05) is 19.9 Å². The van der Waals surface area contributed by atoms with Crippen LogP contribution in [0.1, 0.15) is 32.3 Å². The van der Waals surface area contributed by atoms with Crippen LogP contribution >= 0.6 is 0 Å². The molecule has 2 aliphatic rings. The number of ether oxygens (including phenoxy) is 1. The Hall–Kier alpha value is -1.44. The van der Waals surface area contributed by atoms with E-state index in [1.54, 1.807) is 17.0 Å². The molecule has 2 aliphatic heterocycles. The maximum Gasteiger partial charge on any atom is 0.242 e. The number of carbonyl (C=O) groups excluding carboxylic acids is 1. The van der Waals surface area contributed by atoms with Gasteiger partial charge in [0, 0.05) is 32.9 Å². The first-order valence-corrected chi connectivity index (χ1v) is 10.7. The molecule has 26 heavy (non-hydrogen) atoms. The van der Waals surface area contributed by atoms with E-state index < -0.39 is 10.0 Å². The van der Waals surface area contributed by atoms with E-state index >= 15 is 0 Å². The average Bonchev–Trinajstić information content (AvgIpc) is 3.10. The monoisotopic (exact) mass is 380 g/mol. The summed E-state index contributed by atoms with van der Waals surface area (Å²) >= 11 is 0. The van der Waals surface area contributed by atoms with Crippen molar-refractivity contribution in [1.82, 2.24) is 4.31 Å². The van der Waals surface area contributed by atoms with Crippen molar-refractivity contribution in [1.29, 1.82) is 0 Å². The number of nitrogens with zero attached hydrogens (tertiary/aromatic N) is 2. The van der Waals surface area contributed by atoms with Gasteiger partial charge in [-0.05, 0) is 42.9 Å². The molecule has 1 saturated heterocycles. The largest absolute Gasteiger partial charge is 0.377 e. The van der Waals surface area contributed by atoms with Gasteiger partial charge < -0.3 is 9.64 Å². The molecule has 1 aromatic carbocycles. The normalized spacial score (nSPS) is 23.5. The summed E-state index contributed by atoms with van der Waals surface area (Å²) in [4.78, 5) is 15.3. The molecule has 0 aromatic heterocycles. The third kappa shape index (κ3) is 3.40. The van der Waals surface area contributed by atoms with Crippen molar-refractivity contribution < 1.29 is 17.9 Å². The molecular formula is C19H28N2O4S. The van der Waals surface area contributed by atoms with Gasteiger partial charge in [-0.25, -0.2) is 12.7 Å². The molecule has 6 nitrogen and oxygen atoms in total. The molecule has 0 bridgehead atoms. The van der Waals surface area contributed by atoms with Gasteiger partial charge >= 0.3 is 0 Å². The van der Waals surface area contributed by atoms with Crippen LogP contribution < -0.4 is 4.90 Å². The van der Waals surface area contributed by atoms with E-state index in [-0.39, 0.29) is 28.7 Å². The van der Waals surface area contributed by atoms with E-state index in [0.29, 0.717) is 13.2 Å². The fraction of sp³-hybridized carbons (Fsp3) is 0.632. The molecule has 2 heterocycles. The van der Waals surface area contributed by atoms with Crippen molar-refractivity contribution in [2.45, 2.75) is 44.1 Å². The molecule has 144 valence electrons. The van der Waals surface area contributed by atoms with Gasteiger partial charge in [-0.15, -0.1) is 0 Å². The maximum absolute atomic E-state index is 13.3. The lowest BCUT2D eigenvalue weighted by molar-refractivity contribution is -0.124. The SMILES string of the molecule is CC(C)C1OCCC1C(=O)N1CCCc2ccc(S(=O)(=O)N(C)C)cc21. The quantitative estimate of drug-likeness (QED) is 0.804. The van der Waals surface area contributed by atoms with Gasteiger partial charge in [-0.2, -0.15) is 0 Å². The average molecular weight is 381 g/mol. The van der Waals surface area contributed by atoms with Crippen LogP contribution in [0.3, 0.4) is 0 Å². The molecule has 0 radical (unpaired) electrons. The minimum atomic E-state index is -3.53. The van der Waals surface area contributed by atoms with Crippen LogP contribution in [-0.2, 0) is 26.0 Å². The Morgan fingerprint density at radius 3 is 2.69 bits per heavy atom. The second kappa shape index (κ2) is 7.29. The summed E-state index contributed by atoms with van der Waals surface area (Å²) in [5.74, 6) is 0.174. The van der Waals surface area contributed by atoms with Crippen molar-refractivity contribution >= 4 is 21.6 Å². The van der Waals surface area contributed by atoms with Crippen molar-refractivity contribution in [3.05, 3.63) is 23.8 Å².